The minimum absolute atomic E-state index is 0.124. The molecule has 3 N–H and O–H groups in total. The second kappa shape index (κ2) is 10.8. The van der Waals surface area contributed by atoms with E-state index in [0.29, 0.717) is 11.5 Å². The Labute approximate surface area is 191 Å². The Morgan fingerprint density at radius 3 is 2.42 bits per heavy atom. The summed E-state index contributed by atoms with van der Waals surface area (Å²) in [6.45, 7) is 12.4. The number of aryl methyl sites for hydroxylation is 1. The van der Waals surface area contributed by atoms with Crippen LogP contribution in [0.2, 0.25) is 0 Å². The lowest BCUT2D eigenvalue weighted by molar-refractivity contribution is 0.356. The van der Waals surface area contributed by atoms with Crippen molar-refractivity contribution in [1.29, 1.82) is 0 Å². The average molecular weight is 446 g/mol. The predicted octanol–water partition coefficient (Wildman–Crippen LogP) is 3.50. The molecule has 2 rings (SSSR count). The van der Waals surface area contributed by atoms with Gasteiger partial charge in [0.25, 0.3) is 5.17 Å². The zero-order chi connectivity index (χ0) is 23.2. The van der Waals surface area contributed by atoms with Gasteiger partial charge in [0, 0.05) is 29.9 Å². The summed E-state index contributed by atoms with van der Waals surface area (Å²) in [7, 11) is 3.73. The van der Waals surface area contributed by atoms with Crippen LogP contribution in [0.4, 0.5) is 0 Å². The first-order valence-corrected chi connectivity index (χ1v) is 10.9. The first kappa shape index (κ1) is 25.0. The quantitative estimate of drug-likeness (QED) is 0.472. The first-order chi connectivity index (χ1) is 14.5. The monoisotopic (exact) mass is 445 g/mol. The van der Waals surface area contributed by atoms with Crippen molar-refractivity contribution in [3.05, 3.63) is 47.0 Å². The van der Waals surface area contributed by atoms with Gasteiger partial charge in [0.1, 0.15) is 12.0 Å². The van der Waals surface area contributed by atoms with Crippen molar-refractivity contribution in [3.63, 3.8) is 0 Å². The minimum Gasteiger partial charge on any atom is -0.493 e. The maximum absolute atomic E-state index is 6.22. The van der Waals surface area contributed by atoms with Gasteiger partial charge in [-0.3, -0.25) is 0 Å². The van der Waals surface area contributed by atoms with Crippen LogP contribution in [0, 0.1) is 6.92 Å². The van der Waals surface area contributed by atoms with Crippen molar-refractivity contribution in [1.82, 2.24) is 20.2 Å². The number of rotatable bonds is 8. The molecule has 1 aromatic carbocycles. The number of aromatic nitrogens is 2. The van der Waals surface area contributed by atoms with E-state index in [1.54, 1.807) is 19.5 Å². The van der Waals surface area contributed by atoms with E-state index >= 15 is 0 Å². The molecule has 1 unspecified atom stereocenters. The van der Waals surface area contributed by atoms with Crippen molar-refractivity contribution < 1.29 is 9.47 Å². The highest BCUT2D eigenvalue weighted by atomic mass is 32.1. The van der Waals surface area contributed by atoms with Gasteiger partial charge in [0.2, 0.25) is 0 Å². The van der Waals surface area contributed by atoms with Gasteiger partial charge in [-0.05, 0) is 62.4 Å². The summed E-state index contributed by atoms with van der Waals surface area (Å²) in [4.78, 5) is 11.1. The molecule has 2 aromatic rings. The van der Waals surface area contributed by atoms with Crippen LogP contribution in [0.15, 0.2) is 24.5 Å². The largest absolute Gasteiger partial charge is 0.493 e. The second-order valence-electron chi connectivity index (χ2n) is 8.68. The Balaban J connectivity index is 2.06. The molecule has 0 spiro atoms. The number of likely N-dealkylation sites (N-methyl/N-ethyl adjacent to an activating group) is 1. The van der Waals surface area contributed by atoms with Crippen molar-refractivity contribution in [2.45, 2.75) is 52.6 Å². The molecule has 7 nitrogen and oxygen atoms in total. The van der Waals surface area contributed by atoms with Crippen LogP contribution in [0.3, 0.4) is 0 Å². The topological polar surface area (TPSA) is 85.5 Å². The van der Waals surface area contributed by atoms with Crippen molar-refractivity contribution in [3.8, 4) is 11.5 Å². The standard InChI is InChI=1S/C23H35N5O2S/c1-8-28(6)10-9-16-12-18(29-7)19(11-15(16)2)30-22(31)27-20(24)17-13-25-21(26-14-17)23(3,4)5/h11-14,20H,8-10,24H2,1-7H3,(H,27,31). The van der Waals surface area contributed by atoms with Crippen molar-refractivity contribution >= 4 is 17.4 Å². The SMILES string of the molecule is CCN(C)CCc1cc(OC)c(OC(=S)NC(N)c2cnc(C(C)(C)C)nc2)cc1C. The van der Waals surface area contributed by atoms with Crippen LogP contribution in [-0.4, -0.2) is 47.3 Å². The molecule has 0 aliphatic heterocycles. The van der Waals surface area contributed by atoms with Gasteiger partial charge >= 0.3 is 0 Å². The number of hydrogen-bond acceptors (Lipinski definition) is 7. The number of thiocarbonyl (C=S) groups is 1. The molecule has 0 bridgehead atoms. The third-order valence-corrected chi connectivity index (χ3v) is 5.30. The van der Waals surface area contributed by atoms with Crippen molar-refractivity contribution in [2.75, 3.05) is 27.2 Å². The van der Waals surface area contributed by atoms with E-state index in [0.717, 1.165) is 36.5 Å². The molecule has 1 aromatic heterocycles. The van der Waals surface area contributed by atoms with Gasteiger partial charge < -0.3 is 25.4 Å². The fourth-order valence-electron chi connectivity index (χ4n) is 2.91. The number of nitrogens with zero attached hydrogens (tertiary/aromatic N) is 3. The molecular formula is C23H35N5O2S. The summed E-state index contributed by atoms with van der Waals surface area (Å²) in [5, 5.41) is 3.14. The predicted molar refractivity (Wildman–Crippen MR) is 129 cm³/mol. The number of ether oxygens (including phenoxy) is 2. The molecule has 0 amide bonds. The fourth-order valence-corrected chi connectivity index (χ4v) is 3.12. The molecule has 0 radical (unpaired) electrons. The summed E-state index contributed by atoms with van der Waals surface area (Å²) in [6, 6.07) is 3.95. The lowest BCUT2D eigenvalue weighted by Crippen LogP contribution is -2.36. The number of hydrogen-bond donors (Lipinski definition) is 2. The van der Waals surface area contributed by atoms with E-state index in [9.17, 15) is 0 Å². The van der Waals surface area contributed by atoms with Crippen LogP contribution in [-0.2, 0) is 11.8 Å². The zero-order valence-corrected chi connectivity index (χ0v) is 20.5. The van der Waals surface area contributed by atoms with Gasteiger partial charge in [0.15, 0.2) is 11.5 Å². The molecule has 0 aliphatic carbocycles. The molecule has 1 atom stereocenters. The Hall–Kier alpha value is -2.29. The van der Waals surface area contributed by atoms with E-state index in [4.69, 9.17) is 27.4 Å². The first-order valence-electron chi connectivity index (χ1n) is 10.5. The van der Waals surface area contributed by atoms with Gasteiger partial charge in [-0.2, -0.15) is 0 Å². The van der Waals surface area contributed by atoms with Gasteiger partial charge in [-0.25, -0.2) is 9.97 Å². The smallest absolute Gasteiger partial charge is 0.263 e. The second-order valence-corrected chi connectivity index (χ2v) is 9.05. The molecular weight excluding hydrogens is 410 g/mol. The van der Waals surface area contributed by atoms with Crippen LogP contribution in [0.5, 0.6) is 11.5 Å². The molecule has 0 aliphatic rings. The van der Waals surface area contributed by atoms with E-state index in [-0.39, 0.29) is 10.6 Å². The highest BCUT2D eigenvalue weighted by Gasteiger charge is 2.18. The minimum atomic E-state index is -0.586. The lowest BCUT2D eigenvalue weighted by Gasteiger charge is -2.20. The van der Waals surface area contributed by atoms with Crippen LogP contribution in [0.1, 0.15) is 56.4 Å². The summed E-state index contributed by atoms with van der Waals surface area (Å²) in [6.07, 6.45) is 3.77. The Morgan fingerprint density at radius 1 is 1.23 bits per heavy atom. The molecule has 0 saturated carbocycles. The molecule has 0 saturated heterocycles. The van der Waals surface area contributed by atoms with E-state index in [2.05, 4.69) is 61.9 Å². The van der Waals surface area contributed by atoms with Crippen LogP contribution < -0.4 is 20.5 Å². The molecule has 1 heterocycles. The number of nitrogens with one attached hydrogen (secondary N) is 1. The highest BCUT2D eigenvalue weighted by molar-refractivity contribution is 7.80. The Bertz CT molecular complexity index is 881. The third-order valence-electron chi connectivity index (χ3n) is 5.10. The summed E-state index contributed by atoms with van der Waals surface area (Å²) < 4.78 is 11.4. The van der Waals surface area contributed by atoms with Crippen LogP contribution >= 0.6 is 12.2 Å². The summed E-state index contributed by atoms with van der Waals surface area (Å²) in [5.74, 6) is 1.94. The van der Waals surface area contributed by atoms with Crippen LogP contribution in [0.25, 0.3) is 0 Å². The van der Waals surface area contributed by atoms with Crippen molar-refractivity contribution in [2.24, 2.45) is 5.73 Å². The summed E-state index contributed by atoms with van der Waals surface area (Å²) in [5.41, 5.74) is 9.16. The third kappa shape index (κ3) is 7.12. The molecule has 0 fully saturated rings. The normalized spacial score (nSPS) is 12.5. The number of benzene rings is 1. The zero-order valence-electron chi connectivity index (χ0n) is 19.7. The maximum Gasteiger partial charge on any atom is 0.263 e. The van der Waals surface area contributed by atoms with E-state index in [1.807, 2.05) is 12.1 Å². The van der Waals surface area contributed by atoms with Gasteiger partial charge in [0.05, 0.1) is 7.11 Å². The molecule has 8 heteroatoms. The van der Waals surface area contributed by atoms with E-state index in [1.165, 1.54) is 5.56 Å². The summed E-state index contributed by atoms with van der Waals surface area (Å²) >= 11 is 5.37. The fraction of sp³-hybridized carbons (Fsp3) is 0.522. The van der Waals surface area contributed by atoms with Gasteiger partial charge in [-0.15, -0.1) is 0 Å². The number of nitrogens with two attached hydrogens (primary N) is 1. The van der Waals surface area contributed by atoms with E-state index < -0.39 is 6.17 Å². The maximum atomic E-state index is 6.22. The lowest BCUT2D eigenvalue weighted by atomic mass is 9.96. The Morgan fingerprint density at radius 2 is 1.87 bits per heavy atom. The van der Waals surface area contributed by atoms with Gasteiger partial charge in [-0.1, -0.05) is 27.7 Å². The Kier molecular flexibility index (Phi) is 8.73. The number of methoxy groups -OCH3 is 1. The average Bonchev–Trinajstić information content (AvgIpc) is 2.72. The molecule has 31 heavy (non-hydrogen) atoms. The molecule has 170 valence electrons. The highest BCUT2D eigenvalue weighted by Crippen LogP contribution is 2.31.